The first-order chi connectivity index (χ1) is 16.3. The minimum absolute atomic E-state index is 0.108. The standard InChI is InChI=1S/C27H54N2O5/c1-5-6-7-8-9-10-11-12-13-14-15-16-17-18-25(30)28-19-21-32-23-24-33-22-20-29-26(31)34-27(2,3)4/h5-24H2,1-4H3,(H,28,30)(H,29,31). The van der Waals surface area contributed by atoms with E-state index in [-0.39, 0.29) is 5.91 Å². The van der Waals surface area contributed by atoms with Crippen LogP contribution in [0.25, 0.3) is 0 Å². The van der Waals surface area contributed by atoms with Crippen molar-refractivity contribution in [1.82, 2.24) is 10.6 Å². The van der Waals surface area contributed by atoms with Crippen molar-refractivity contribution in [2.24, 2.45) is 0 Å². The molecule has 0 saturated carbocycles. The molecule has 2 amide bonds. The van der Waals surface area contributed by atoms with E-state index in [0.29, 0.717) is 45.9 Å². The van der Waals surface area contributed by atoms with E-state index in [9.17, 15) is 9.59 Å². The van der Waals surface area contributed by atoms with E-state index in [2.05, 4.69) is 17.6 Å². The number of hydrogen-bond acceptors (Lipinski definition) is 5. The number of alkyl carbamates (subject to hydrolysis) is 1. The fourth-order valence-electron chi connectivity index (χ4n) is 3.52. The van der Waals surface area contributed by atoms with Gasteiger partial charge in [-0.15, -0.1) is 0 Å². The number of carbonyl (C=O) groups excluding carboxylic acids is 2. The summed E-state index contributed by atoms with van der Waals surface area (Å²) in [4.78, 5) is 23.3. The summed E-state index contributed by atoms with van der Waals surface area (Å²) in [7, 11) is 0. The van der Waals surface area contributed by atoms with Gasteiger partial charge in [-0.3, -0.25) is 4.79 Å². The van der Waals surface area contributed by atoms with Crippen LogP contribution in [-0.4, -0.2) is 57.1 Å². The van der Waals surface area contributed by atoms with Crippen LogP contribution in [-0.2, 0) is 19.0 Å². The van der Waals surface area contributed by atoms with Crippen LogP contribution in [0.1, 0.15) is 118 Å². The molecule has 0 atom stereocenters. The highest BCUT2D eigenvalue weighted by atomic mass is 16.6. The van der Waals surface area contributed by atoms with E-state index in [0.717, 1.165) is 12.8 Å². The van der Waals surface area contributed by atoms with Gasteiger partial charge in [-0.2, -0.15) is 0 Å². The molecule has 202 valence electrons. The Morgan fingerprint density at radius 3 is 1.53 bits per heavy atom. The molecule has 2 N–H and O–H groups in total. The molecular weight excluding hydrogens is 432 g/mol. The third-order valence-electron chi connectivity index (χ3n) is 5.36. The first-order valence-electron chi connectivity index (χ1n) is 13.7. The lowest BCUT2D eigenvalue weighted by Crippen LogP contribution is -2.34. The third-order valence-corrected chi connectivity index (χ3v) is 5.36. The second-order valence-electron chi connectivity index (χ2n) is 10.00. The number of amides is 2. The molecular formula is C27H54N2O5. The maximum atomic E-state index is 11.9. The van der Waals surface area contributed by atoms with Gasteiger partial charge in [0.15, 0.2) is 0 Å². The Hall–Kier alpha value is -1.34. The topological polar surface area (TPSA) is 85.9 Å². The van der Waals surface area contributed by atoms with Crippen molar-refractivity contribution in [3.05, 3.63) is 0 Å². The number of ether oxygens (including phenoxy) is 3. The van der Waals surface area contributed by atoms with E-state index in [1.165, 1.54) is 70.6 Å². The van der Waals surface area contributed by atoms with Gasteiger partial charge in [0.1, 0.15) is 5.60 Å². The van der Waals surface area contributed by atoms with E-state index >= 15 is 0 Å². The second kappa shape index (κ2) is 23.4. The van der Waals surface area contributed by atoms with E-state index in [1.807, 2.05) is 20.8 Å². The van der Waals surface area contributed by atoms with Gasteiger partial charge in [0, 0.05) is 19.5 Å². The molecule has 7 nitrogen and oxygen atoms in total. The molecule has 0 aliphatic rings. The molecule has 34 heavy (non-hydrogen) atoms. The fourth-order valence-corrected chi connectivity index (χ4v) is 3.52. The molecule has 0 aliphatic heterocycles. The second-order valence-corrected chi connectivity index (χ2v) is 10.00. The Bertz CT molecular complexity index is 480. The zero-order valence-corrected chi connectivity index (χ0v) is 22.7. The first-order valence-corrected chi connectivity index (χ1v) is 13.7. The summed E-state index contributed by atoms with van der Waals surface area (Å²) < 4.78 is 16.0. The van der Waals surface area contributed by atoms with Crippen LogP contribution in [0.3, 0.4) is 0 Å². The summed E-state index contributed by atoms with van der Waals surface area (Å²) in [5, 5.41) is 5.54. The van der Waals surface area contributed by atoms with E-state index in [4.69, 9.17) is 14.2 Å². The predicted molar refractivity (Wildman–Crippen MR) is 139 cm³/mol. The van der Waals surface area contributed by atoms with Gasteiger partial charge in [-0.05, 0) is 27.2 Å². The maximum absolute atomic E-state index is 11.9. The van der Waals surface area contributed by atoms with Crippen molar-refractivity contribution in [3.63, 3.8) is 0 Å². The average molecular weight is 487 g/mol. The van der Waals surface area contributed by atoms with Crippen molar-refractivity contribution in [3.8, 4) is 0 Å². The third kappa shape index (κ3) is 26.9. The zero-order chi connectivity index (χ0) is 25.3. The van der Waals surface area contributed by atoms with Crippen molar-refractivity contribution >= 4 is 12.0 Å². The molecule has 0 spiro atoms. The highest BCUT2D eigenvalue weighted by molar-refractivity contribution is 5.75. The number of nitrogens with one attached hydrogen (secondary N) is 2. The van der Waals surface area contributed by atoms with Crippen LogP contribution in [0.4, 0.5) is 4.79 Å². The van der Waals surface area contributed by atoms with Crippen molar-refractivity contribution < 1.29 is 23.8 Å². The molecule has 0 aromatic heterocycles. The lowest BCUT2D eigenvalue weighted by atomic mass is 10.0. The Morgan fingerprint density at radius 2 is 1.06 bits per heavy atom. The SMILES string of the molecule is CCCCCCCCCCCCCCCC(=O)NCCOCCOCCNC(=O)OC(C)(C)C. The number of rotatable bonds is 23. The van der Waals surface area contributed by atoms with Crippen LogP contribution in [0.15, 0.2) is 0 Å². The Labute approximate surface area is 209 Å². The number of unbranched alkanes of at least 4 members (excludes halogenated alkanes) is 12. The summed E-state index contributed by atoms with van der Waals surface area (Å²) in [6.07, 6.45) is 17.2. The minimum atomic E-state index is -0.499. The molecule has 0 saturated heterocycles. The van der Waals surface area contributed by atoms with Gasteiger partial charge in [-0.1, -0.05) is 84.0 Å². The van der Waals surface area contributed by atoms with Crippen LogP contribution in [0.5, 0.6) is 0 Å². The lowest BCUT2D eigenvalue weighted by molar-refractivity contribution is -0.121. The van der Waals surface area contributed by atoms with Crippen molar-refractivity contribution in [2.75, 3.05) is 39.5 Å². The summed E-state index contributed by atoms with van der Waals surface area (Å²) >= 11 is 0. The summed E-state index contributed by atoms with van der Waals surface area (Å²) in [5.41, 5.74) is -0.499. The summed E-state index contributed by atoms with van der Waals surface area (Å²) in [5.74, 6) is 0.108. The fraction of sp³-hybridized carbons (Fsp3) is 0.926. The van der Waals surface area contributed by atoms with Crippen LogP contribution in [0, 0.1) is 0 Å². The average Bonchev–Trinajstić information content (AvgIpc) is 2.77. The predicted octanol–water partition coefficient (Wildman–Crippen LogP) is 6.14. The van der Waals surface area contributed by atoms with Gasteiger partial charge >= 0.3 is 6.09 Å². The van der Waals surface area contributed by atoms with Gasteiger partial charge < -0.3 is 24.8 Å². The van der Waals surface area contributed by atoms with Gasteiger partial charge in [0.2, 0.25) is 5.91 Å². The maximum Gasteiger partial charge on any atom is 0.407 e. The molecule has 7 heteroatoms. The molecule has 0 aliphatic carbocycles. The van der Waals surface area contributed by atoms with Crippen molar-refractivity contribution in [1.29, 1.82) is 0 Å². The normalized spacial score (nSPS) is 11.4. The van der Waals surface area contributed by atoms with Crippen LogP contribution < -0.4 is 10.6 Å². The Balaban J connectivity index is 3.25. The molecule has 0 aromatic carbocycles. The first kappa shape index (κ1) is 32.7. The molecule has 0 radical (unpaired) electrons. The molecule has 0 fully saturated rings. The minimum Gasteiger partial charge on any atom is -0.444 e. The zero-order valence-electron chi connectivity index (χ0n) is 22.7. The number of hydrogen-bond donors (Lipinski definition) is 2. The highest BCUT2D eigenvalue weighted by Crippen LogP contribution is 2.13. The van der Waals surface area contributed by atoms with Crippen LogP contribution in [0.2, 0.25) is 0 Å². The van der Waals surface area contributed by atoms with E-state index in [1.54, 1.807) is 0 Å². The lowest BCUT2D eigenvalue weighted by Gasteiger charge is -2.19. The molecule has 0 rings (SSSR count). The smallest absolute Gasteiger partial charge is 0.407 e. The molecule has 0 aromatic rings. The summed E-state index contributed by atoms with van der Waals surface area (Å²) in [6.45, 7) is 10.4. The Kier molecular flexibility index (Phi) is 22.5. The Morgan fingerprint density at radius 1 is 0.618 bits per heavy atom. The van der Waals surface area contributed by atoms with Gasteiger partial charge in [-0.25, -0.2) is 4.79 Å². The molecule has 0 unspecified atom stereocenters. The van der Waals surface area contributed by atoms with Gasteiger partial charge in [0.05, 0.1) is 26.4 Å². The summed E-state index contributed by atoms with van der Waals surface area (Å²) in [6, 6.07) is 0. The van der Waals surface area contributed by atoms with Gasteiger partial charge in [0.25, 0.3) is 0 Å². The quantitative estimate of drug-likeness (QED) is 0.169. The monoisotopic (exact) mass is 486 g/mol. The number of carbonyl (C=O) groups is 2. The molecule has 0 bridgehead atoms. The van der Waals surface area contributed by atoms with Crippen LogP contribution >= 0.6 is 0 Å². The molecule has 0 heterocycles. The largest absolute Gasteiger partial charge is 0.444 e. The van der Waals surface area contributed by atoms with Crippen molar-refractivity contribution in [2.45, 2.75) is 123 Å². The van der Waals surface area contributed by atoms with E-state index < -0.39 is 11.7 Å². The highest BCUT2D eigenvalue weighted by Gasteiger charge is 2.15.